The first-order valence-electron chi connectivity index (χ1n) is 8.42. The molecule has 7 nitrogen and oxygen atoms in total. The highest BCUT2D eigenvalue weighted by molar-refractivity contribution is 9.10. The number of fused-ring (bicyclic) bond motifs is 1. The quantitative estimate of drug-likeness (QED) is 0.612. The van der Waals surface area contributed by atoms with Gasteiger partial charge >= 0.3 is 0 Å². The van der Waals surface area contributed by atoms with Crippen molar-refractivity contribution < 1.29 is 23.5 Å². The number of benzene rings is 2. The number of aromatic nitrogens is 1. The highest BCUT2D eigenvalue weighted by atomic mass is 79.9. The first-order valence-corrected chi connectivity index (χ1v) is 9.21. The lowest BCUT2D eigenvalue weighted by Crippen LogP contribution is -2.15. The van der Waals surface area contributed by atoms with Gasteiger partial charge in [0.25, 0.3) is 11.8 Å². The minimum absolute atomic E-state index is 0.0709. The Bertz CT molecular complexity index is 1120. The predicted molar refractivity (Wildman–Crippen MR) is 107 cm³/mol. The van der Waals surface area contributed by atoms with Crippen LogP contribution in [0.2, 0.25) is 0 Å². The predicted octanol–water partition coefficient (Wildman–Crippen LogP) is 4.22. The van der Waals surface area contributed by atoms with Crippen LogP contribution in [0.25, 0.3) is 0 Å². The number of carbonyl (C=O) groups is 2. The SMILES string of the molecule is O=C(Nc1ccc(F)c(NC(=O)c2cncc(Br)c2)c1)c1ccc2c(c1)OCO2. The molecule has 0 radical (unpaired) electrons. The molecule has 1 aromatic heterocycles. The number of halogens is 2. The van der Waals surface area contributed by atoms with E-state index in [4.69, 9.17) is 9.47 Å². The van der Waals surface area contributed by atoms with Crippen LogP contribution in [0.15, 0.2) is 59.3 Å². The van der Waals surface area contributed by atoms with Crippen LogP contribution in [0.1, 0.15) is 20.7 Å². The summed E-state index contributed by atoms with van der Waals surface area (Å²) in [6, 6.07) is 10.2. The van der Waals surface area contributed by atoms with Crippen molar-refractivity contribution in [3.63, 3.8) is 0 Å². The molecule has 0 fully saturated rings. The Morgan fingerprint density at radius 2 is 1.72 bits per heavy atom. The maximum Gasteiger partial charge on any atom is 0.257 e. The second-order valence-electron chi connectivity index (χ2n) is 6.06. The minimum atomic E-state index is -0.637. The van der Waals surface area contributed by atoms with Crippen molar-refractivity contribution in [3.8, 4) is 11.5 Å². The van der Waals surface area contributed by atoms with E-state index in [0.717, 1.165) is 6.07 Å². The molecule has 0 atom stereocenters. The molecule has 2 aromatic carbocycles. The highest BCUT2D eigenvalue weighted by Gasteiger charge is 2.17. The van der Waals surface area contributed by atoms with Gasteiger partial charge in [-0.1, -0.05) is 0 Å². The summed E-state index contributed by atoms with van der Waals surface area (Å²) in [5.74, 6) is -0.537. The van der Waals surface area contributed by atoms with Crippen LogP contribution in [-0.4, -0.2) is 23.6 Å². The van der Waals surface area contributed by atoms with E-state index >= 15 is 0 Å². The van der Waals surface area contributed by atoms with Crippen molar-refractivity contribution in [1.29, 1.82) is 0 Å². The monoisotopic (exact) mass is 457 g/mol. The number of ether oxygens (including phenoxy) is 2. The zero-order valence-corrected chi connectivity index (χ0v) is 16.3. The van der Waals surface area contributed by atoms with E-state index in [-0.39, 0.29) is 18.0 Å². The molecule has 29 heavy (non-hydrogen) atoms. The summed E-state index contributed by atoms with van der Waals surface area (Å²) >= 11 is 3.23. The van der Waals surface area contributed by atoms with Crippen LogP contribution in [0.4, 0.5) is 15.8 Å². The van der Waals surface area contributed by atoms with Crippen LogP contribution in [0.5, 0.6) is 11.5 Å². The third-order valence-electron chi connectivity index (χ3n) is 4.07. The summed E-state index contributed by atoms with van der Waals surface area (Å²) in [7, 11) is 0. The smallest absolute Gasteiger partial charge is 0.257 e. The molecule has 0 spiro atoms. The van der Waals surface area contributed by atoms with Gasteiger partial charge in [0.2, 0.25) is 6.79 Å². The Balaban J connectivity index is 1.50. The van der Waals surface area contributed by atoms with E-state index in [1.54, 1.807) is 24.3 Å². The van der Waals surface area contributed by atoms with Crippen LogP contribution in [-0.2, 0) is 0 Å². The number of hydrogen-bond acceptors (Lipinski definition) is 5. The lowest BCUT2D eigenvalue weighted by molar-refractivity contribution is 0.101. The second-order valence-corrected chi connectivity index (χ2v) is 6.98. The van der Waals surface area contributed by atoms with Crippen LogP contribution < -0.4 is 20.1 Å². The fourth-order valence-electron chi connectivity index (χ4n) is 2.67. The van der Waals surface area contributed by atoms with Gasteiger partial charge < -0.3 is 20.1 Å². The molecule has 0 bridgehead atoms. The number of anilines is 2. The number of rotatable bonds is 4. The van der Waals surface area contributed by atoms with E-state index < -0.39 is 17.6 Å². The first-order chi connectivity index (χ1) is 14.0. The van der Waals surface area contributed by atoms with Crippen LogP contribution in [0, 0.1) is 5.82 Å². The fourth-order valence-corrected chi connectivity index (χ4v) is 3.04. The normalized spacial score (nSPS) is 11.8. The topological polar surface area (TPSA) is 89.6 Å². The highest BCUT2D eigenvalue weighted by Crippen LogP contribution is 2.32. The molecule has 2 N–H and O–H groups in total. The van der Waals surface area contributed by atoms with E-state index in [1.807, 2.05) is 0 Å². The van der Waals surface area contributed by atoms with E-state index in [0.29, 0.717) is 27.2 Å². The first kappa shape index (κ1) is 18.9. The van der Waals surface area contributed by atoms with Gasteiger partial charge in [-0.25, -0.2) is 4.39 Å². The summed E-state index contributed by atoms with van der Waals surface area (Å²) in [6.45, 7) is 0.106. The molecule has 4 rings (SSSR count). The third-order valence-corrected chi connectivity index (χ3v) is 4.51. The Morgan fingerprint density at radius 3 is 2.55 bits per heavy atom. The van der Waals surface area contributed by atoms with E-state index in [2.05, 4.69) is 31.5 Å². The molecular weight excluding hydrogens is 445 g/mol. The lowest BCUT2D eigenvalue weighted by atomic mass is 10.1. The number of pyridine rings is 1. The van der Waals surface area contributed by atoms with Gasteiger partial charge in [-0.3, -0.25) is 14.6 Å². The van der Waals surface area contributed by atoms with Gasteiger partial charge in [0, 0.05) is 28.1 Å². The summed E-state index contributed by atoms with van der Waals surface area (Å²) in [5, 5.41) is 5.14. The van der Waals surface area contributed by atoms with Crippen LogP contribution in [0.3, 0.4) is 0 Å². The molecule has 0 aliphatic carbocycles. The van der Waals surface area contributed by atoms with E-state index in [1.165, 1.54) is 24.5 Å². The van der Waals surface area contributed by atoms with Crippen molar-refractivity contribution >= 4 is 39.1 Å². The maximum absolute atomic E-state index is 14.2. The van der Waals surface area contributed by atoms with Crippen molar-refractivity contribution in [2.75, 3.05) is 17.4 Å². The molecule has 0 saturated heterocycles. The van der Waals surface area contributed by atoms with Gasteiger partial charge in [0.1, 0.15) is 5.82 Å². The van der Waals surface area contributed by atoms with Gasteiger partial charge in [-0.15, -0.1) is 0 Å². The number of amides is 2. The van der Waals surface area contributed by atoms with Crippen LogP contribution >= 0.6 is 15.9 Å². The van der Waals surface area contributed by atoms with Crippen molar-refractivity contribution in [1.82, 2.24) is 4.98 Å². The van der Waals surface area contributed by atoms with Gasteiger partial charge in [-0.2, -0.15) is 0 Å². The van der Waals surface area contributed by atoms with Crippen molar-refractivity contribution in [2.24, 2.45) is 0 Å². The molecule has 1 aliphatic heterocycles. The Kier molecular flexibility index (Phi) is 5.13. The summed E-state index contributed by atoms with van der Waals surface area (Å²) in [5.41, 5.74) is 0.855. The van der Waals surface area contributed by atoms with E-state index in [9.17, 15) is 14.0 Å². The molecule has 146 valence electrons. The zero-order valence-electron chi connectivity index (χ0n) is 14.7. The molecule has 2 heterocycles. The zero-order chi connectivity index (χ0) is 20.4. The van der Waals surface area contributed by atoms with Gasteiger partial charge in [0.05, 0.1) is 11.3 Å². The Morgan fingerprint density at radius 1 is 0.931 bits per heavy atom. The average molecular weight is 458 g/mol. The number of nitrogens with zero attached hydrogens (tertiary/aromatic N) is 1. The van der Waals surface area contributed by atoms with Crippen molar-refractivity contribution in [2.45, 2.75) is 0 Å². The fraction of sp³-hybridized carbons (Fsp3) is 0.0500. The number of carbonyl (C=O) groups excluding carboxylic acids is 2. The molecule has 0 unspecified atom stereocenters. The molecule has 0 saturated carbocycles. The number of hydrogen-bond donors (Lipinski definition) is 2. The van der Waals surface area contributed by atoms with Gasteiger partial charge in [-0.05, 0) is 58.4 Å². The molecular formula is C20H13BrFN3O4. The average Bonchev–Trinajstić information content (AvgIpc) is 3.18. The Labute approximate surface area is 173 Å². The van der Waals surface area contributed by atoms with Gasteiger partial charge in [0.15, 0.2) is 11.5 Å². The second kappa shape index (κ2) is 7.88. The standard InChI is InChI=1S/C20H13BrFN3O4/c21-13-5-12(8-23-9-13)20(27)25-16-7-14(2-3-15(16)22)24-19(26)11-1-4-17-18(6-11)29-10-28-17/h1-9H,10H2,(H,24,26)(H,25,27). The molecule has 1 aliphatic rings. The largest absolute Gasteiger partial charge is 0.454 e. The molecule has 3 aromatic rings. The summed E-state index contributed by atoms with van der Waals surface area (Å²) < 4.78 is 25.3. The van der Waals surface area contributed by atoms with Crippen molar-refractivity contribution in [3.05, 3.63) is 76.3 Å². The molecule has 2 amide bonds. The lowest BCUT2D eigenvalue weighted by Gasteiger charge is -2.10. The summed E-state index contributed by atoms with van der Waals surface area (Å²) in [6.07, 6.45) is 2.90. The molecule has 9 heteroatoms. The third kappa shape index (κ3) is 4.19. The number of nitrogens with one attached hydrogen (secondary N) is 2. The Hall–Kier alpha value is -3.46. The minimum Gasteiger partial charge on any atom is -0.454 e. The maximum atomic E-state index is 14.2. The summed E-state index contributed by atoms with van der Waals surface area (Å²) in [4.78, 5) is 28.7.